The van der Waals surface area contributed by atoms with Gasteiger partial charge in [-0.15, -0.1) is 5.54 Å². The molecule has 5 heteroatoms. The standard InChI is InChI=1S/C37H41FN2OSi/c1-42(2,3)25-10-8-12-27-18-20-30(21-19-27)36(35(29-15-11-16-29)28-13-5-4-6-14-28)31-22-23-33-32(26-31)37(38)39-40(33)34-17-7-9-24-41-34/h4-6,8,12-14,18-23,26,29,34,37,39H,7,9,11,15-17,24H2,1-3H3/b12-8+,36-35-. The number of anilines is 1. The molecule has 3 aliphatic rings. The van der Waals surface area contributed by atoms with E-state index in [1.54, 1.807) is 0 Å². The van der Waals surface area contributed by atoms with Crippen molar-refractivity contribution in [3.8, 4) is 11.5 Å². The third-order valence-corrected chi connectivity index (χ3v) is 9.31. The second-order valence-corrected chi connectivity index (χ2v) is 17.5. The van der Waals surface area contributed by atoms with Crippen LogP contribution in [0.15, 0.2) is 78.9 Å². The Balaban J connectivity index is 1.43. The van der Waals surface area contributed by atoms with Crippen LogP contribution in [0, 0.1) is 17.4 Å². The molecule has 2 atom stereocenters. The first-order valence-electron chi connectivity index (χ1n) is 15.4. The predicted octanol–water partition coefficient (Wildman–Crippen LogP) is 9.16. The minimum Gasteiger partial charge on any atom is -0.357 e. The Morgan fingerprint density at radius 1 is 0.905 bits per heavy atom. The topological polar surface area (TPSA) is 24.5 Å². The van der Waals surface area contributed by atoms with E-state index in [1.165, 1.54) is 36.0 Å². The molecule has 0 bridgehead atoms. The lowest BCUT2D eigenvalue weighted by Gasteiger charge is -2.33. The number of hydrazine groups is 1. The van der Waals surface area contributed by atoms with E-state index < -0.39 is 14.4 Å². The van der Waals surface area contributed by atoms with Crippen LogP contribution in [0.4, 0.5) is 10.1 Å². The Labute approximate surface area is 251 Å². The minimum atomic E-state index is -1.40. The van der Waals surface area contributed by atoms with Crippen molar-refractivity contribution in [3.63, 3.8) is 0 Å². The van der Waals surface area contributed by atoms with Crippen molar-refractivity contribution in [1.82, 2.24) is 5.43 Å². The molecule has 2 fully saturated rings. The molecule has 1 aliphatic carbocycles. The molecule has 1 saturated carbocycles. The Morgan fingerprint density at radius 2 is 1.67 bits per heavy atom. The maximum Gasteiger partial charge on any atom is 0.195 e. The Hall–Kier alpha value is -3.43. The first kappa shape index (κ1) is 28.7. The van der Waals surface area contributed by atoms with Crippen molar-refractivity contribution < 1.29 is 9.13 Å². The molecule has 0 spiro atoms. The lowest BCUT2D eigenvalue weighted by atomic mass is 9.73. The number of hydrogen-bond donors (Lipinski definition) is 1. The summed E-state index contributed by atoms with van der Waals surface area (Å²) in [6, 6.07) is 25.8. The molecule has 3 aromatic rings. The van der Waals surface area contributed by atoms with Gasteiger partial charge in [0.05, 0.1) is 5.69 Å². The summed E-state index contributed by atoms with van der Waals surface area (Å²) in [6.45, 7) is 7.48. The average molecular weight is 577 g/mol. The van der Waals surface area contributed by atoms with Crippen LogP contribution in [0.3, 0.4) is 0 Å². The number of rotatable bonds is 6. The summed E-state index contributed by atoms with van der Waals surface area (Å²) in [7, 11) is -1.40. The lowest BCUT2D eigenvalue weighted by Crippen LogP contribution is -2.45. The summed E-state index contributed by atoms with van der Waals surface area (Å²) in [5.74, 6) is 3.71. The zero-order valence-corrected chi connectivity index (χ0v) is 26.0. The van der Waals surface area contributed by atoms with Crippen LogP contribution in [0.1, 0.15) is 72.6 Å². The number of nitrogens with zero attached hydrogens (tertiary/aromatic N) is 1. The van der Waals surface area contributed by atoms with Crippen LogP contribution in [-0.2, 0) is 4.74 Å². The fraction of sp³-hybridized carbons (Fsp3) is 0.351. The summed E-state index contributed by atoms with van der Waals surface area (Å²) in [5, 5.41) is 1.91. The zero-order chi connectivity index (χ0) is 29.1. The van der Waals surface area contributed by atoms with Gasteiger partial charge in [-0.2, -0.15) is 5.43 Å². The molecule has 2 heterocycles. The van der Waals surface area contributed by atoms with Crippen molar-refractivity contribution in [1.29, 1.82) is 0 Å². The predicted molar refractivity (Wildman–Crippen MR) is 176 cm³/mol. The highest BCUT2D eigenvalue weighted by atomic mass is 28.3. The van der Waals surface area contributed by atoms with Gasteiger partial charge in [0.1, 0.15) is 14.3 Å². The van der Waals surface area contributed by atoms with Crippen molar-refractivity contribution in [2.45, 2.75) is 70.7 Å². The number of allylic oxidation sites excluding steroid dienone is 2. The van der Waals surface area contributed by atoms with Gasteiger partial charge in [-0.3, -0.25) is 5.01 Å². The first-order chi connectivity index (χ1) is 20.4. The van der Waals surface area contributed by atoms with Gasteiger partial charge in [0.25, 0.3) is 0 Å². The number of alkyl halides is 1. The van der Waals surface area contributed by atoms with Crippen LogP contribution in [0.2, 0.25) is 19.6 Å². The van der Waals surface area contributed by atoms with Crippen molar-refractivity contribution >= 4 is 31.0 Å². The normalized spacial score (nSPS) is 21.4. The smallest absolute Gasteiger partial charge is 0.195 e. The fourth-order valence-corrected chi connectivity index (χ4v) is 6.61. The zero-order valence-electron chi connectivity index (χ0n) is 25.0. The van der Waals surface area contributed by atoms with Gasteiger partial charge in [-0.1, -0.05) is 92.6 Å². The molecule has 0 radical (unpaired) electrons. The minimum absolute atomic E-state index is 0.134. The van der Waals surface area contributed by atoms with Crippen molar-refractivity contribution in [2.75, 3.05) is 11.6 Å². The molecule has 216 valence electrons. The van der Waals surface area contributed by atoms with E-state index in [2.05, 4.69) is 115 Å². The van der Waals surface area contributed by atoms with Crippen molar-refractivity contribution in [3.05, 3.63) is 107 Å². The second kappa shape index (κ2) is 12.4. The monoisotopic (exact) mass is 576 g/mol. The molecular weight excluding hydrogens is 536 g/mol. The van der Waals surface area contributed by atoms with Gasteiger partial charge in [-0.25, -0.2) is 4.39 Å². The van der Waals surface area contributed by atoms with Crippen LogP contribution in [-0.4, -0.2) is 20.9 Å². The van der Waals surface area contributed by atoms with Crippen LogP contribution in [0.5, 0.6) is 0 Å². The molecule has 42 heavy (non-hydrogen) atoms. The number of nitrogens with one attached hydrogen (secondary N) is 1. The number of fused-ring (bicyclic) bond motifs is 1. The third kappa shape index (κ3) is 6.32. The Morgan fingerprint density at radius 3 is 2.33 bits per heavy atom. The Bertz CT molecular complexity index is 1520. The van der Waals surface area contributed by atoms with E-state index in [-0.39, 0.29) is 6.23 Å². The van der Waals surface area contributed by atoms with E-state index >= 15 is 4.39 Å². The highest BCUT2D eigenvalue weighted by molar-refractivity contribution is 6.83. The van der Waals surface area contributed by atoms with Gasteiger partial charge < -0.3 is 4.74 Å². The first-order valence-corrected chi connectivity index (χ1v) is 18.9. The van der Waals surface area contributed by atoms with Gasteiger partial charge >= 0.3 is 0 Å². The molecule has 6 rings (SSSR count). The number of benzene rings is 3. The molecular formula is C37H41FN2OSi. The molecule has 3 aromatic carbocycles. The highest BCUT2D eigenvalue weighted by Crippen LogP contribution is 2.46. The maximum atomic E-state index is 15.6. The van der Waals surface area contributed by atoms with E-state index in [1.807, 2.05) is 11.1 Å². The molecule has 3 nitrogen and oxygen atoms in total. The average Bonchev–Trinajstić information content (AvgIpc) is 3.31. The molecule has 0 aromatic heterocycles. The van der Waals surface area contributed by atoms with Crippen LogP contribution >= 0.6 is 0 Å². The number of ether oxygens (including phenoxy) is 1. The molecule has 2 unspecified atom stereocenters. The van der Waals surface area contributed by atoms with E-state index in [0.717, 1.165) is 48.2 Å². The van der Waals surface area contributed by atoms with Gasteiger partial charge in [0, 0.05) is 12.2 Å². The molecule has 2 aliphatic heterocycles. The van der Waals surface area contributed by atoms with Gasteiger partial charge in [0.2, 0.25) is 0 Å². The third-order valence-electron chi connectivity index (χ3n) is 8.42. The van der Waals surface area contributed by atoms with Gasteiger partial charge in [0.15, 0.2) is 6.30 Å². The summed E-state index contributed by atoms with van der Waals surface area (Å²) >= 11 is 0. The molecule has 0 amide bonds. The van der Waals surface area contributed by atoms with Crippen LogP contribution < -0.4 is 10.4 Å². The Kier molecular flexibility index (Phi) is 8.49. The second-order valence-electron chi connectivity index (χ2n) is 12.7. The molecule has 1 saturated heterocycles. The maximum absolute atomic E-state index is 15.6. The van der Waals surface area contributed by atoms with E-state index in [0.29, 0.717) is 11.5 Å². The SMILES string of the molecule is C[Si](C)(C)C#C/C=C/c1ccc(/C(=C(\c2ccccc2)C2CCC2)c2ccc3c(c2)C(F)NN3C2CCCCO2)cc1. The summed E-state index contributed by atoms with van der Waals surface area (Å²) in [4.78, 5) is 0. The fourth-order valence-electron chi connectivity index (χ4n) is 6.09. The summed E-state index contributed by atoms with van der Waals surface area (Å²) in [6.07, 6.45) is 9.30. The largest absolute Gasteiger partial charge is 0.357 e. The van der Waals surface area contributed by atoms with E-state index in [9.17, 15) is 0 Å². The van der Waals surface area contributed by atoms with Gasteiger partial charge in [-0.05, 0) is 95.7 Å². The quantitative estimate of drug-likeness (QED) is 0.137. The summed E-state index contributed by atoms with van der Waals surface area (Å²) < 4.78 is 21.6. The number of hydrogen-bond acceptors (Lipinski definition) is 3. The van der Waals surface area contributed by atoms with Crippen molar-refractivity contribution in [2.24, 2.45) is 5.92 Å². The summed E-state index contributed by atoms with van der Waals surface area (Å²) in [5.41, 5.74) is 15.1. The van der Waals surface area contributed by atoms with E-state index in [4.69, 9.17) is 4.74 Å². The molecule has 1 N–H and O–H groups in total. The number of halogens is 1. The van der Waals surface area contributed by atoms with Crippen LogP contribution in [0.25, 0.3) is 17.2 Å². The lowest BCUT2D eigenvalue weighted by molar-refractivity contribution is 0.00520. The highest BCUT2D eigenvalue weighted by Gasteiger charge is 2.35.